The molecule has 0 aliphatic rings. The van der Waals surface area contributed by atoms with Gasteiger partial charge in [-0.05, 0) is 36.8 Å². The van der Waals surface area contributed by atoms with Gasteiger partial charge in [0.2, 0.25) is 0 Å². The second-order valence-corrected chi connectivity index (χ2v) is 6.88. The van der Waals surface area contributed by atoms with Crippen LogP contribution in [0.2, 0.25) is 0 Å². The predicted molar refractivity (Wildman–Crippen MR) is 118 cm³/mol. The lowest BCUT2D eigenvalue weighted by atomic mass is 10.2. The highest BCUT2D eigenvalue weighted by atomic mass is 16.5. The van der Waals surface area contributed by atoms with E-state index in [4.69, 9.17) is 15.5 Å². The molecule has 4 aromatic rings. The maximum atomic E-state index is 6.20. The van der Waals surface area contributed by atoms with Crippen LogP contribution in [0.15, 0.2) is 48.5 Å². The Bertz CT molecular complexity index is 1210. The molecular weight excluding hydrogens is 360 g/mol. The number of unbranched alkanes of at least 4 members (excludes halogenated alkanes) is 1. The van der Waals surface area contributed by atoms with Crippen LogP contribution in [0.25, 0.3) is 21.9 Å². The van der Waals surface area contributed by atoms with Gasteiger partial charge in [-0.15, -0.1) is 0 Å². The van der Waals surface area contributed by atoms with E-state index < -0.39 is 0 Å². The van der Waals surface area contributed by atoms with Crippen molar-refractivity contribution in [2.75, 3.05) is 12.8 Å². The first-order chi connectivity index (χ1) is 14.2. The summed E-state index contributed by atoms with van der Waals surface area (Å²) in [5.74, 6) is 8.86. The van der Waals surface area contributed by atoms with Crippen molar-refractivity contribution in [2.24, 2.45) is 0 Å². The van der Waals surface area contributed by atoms with Crippen LogP contribution in [0.5, 0.6) is 5.75 Å². The zero-order valence-corrected chi connectivity index (χ0v) is 16.8. The summed E-state index contributed by atoms with van der Waals surface area (Å²) in [7, 11) is 1.66. The van der Waals surface area contributed by atoms with Gasteiger partial charge in [0.15, 0.2) is 5.82 Å². The van der Waals surface area contributed by atoms with Crippen LogP contribution in [0, 0.1) is 11.8 Å². The highest BCUT2D eigenvalue weighted by Gasteiger charge is 2.15. The normalized spacial score (nSPS) is 10.8. The number of para-hydroxylation sites is 1. The Hall–Kier alpha value is -3.52. The fourth-order valence-corrected chi connectivity index (χ4v) is 3.58. The quantitative estimate of drug-likeness (QED) is 0.404. The summed E-state index contributed by atoms with van der Waals surface area (Å²) >= 11 is 0. The second kappa shape index (κ2) is 8.24. The number of hydrogen-bond acceptors (Lipinski definition) is 4. The zero-order valence-electron chi connectivity index (χ0n) is 16.8. The molecule has 0 saturated heterocycles. The molecule has 0 aliphatic carbocycles. The highest BCUT2D eigenvalue weighted by Crippen LogP contribution is 2.29. The minimum atomic E-state index is 0.492. The molecule has 0 fully saturated rings. The van der Waals surface area contributed by atoms with Crippen LogP contribution in [0.3, 0.4) is 0 Å². The number of nitrogens with two attached hydrogens (primary N) is 1. The molecule has 0 unspecified atom stereocenters. The first kappa shape index (κ1) is 18.8. The first-order valence-corrected chi connectivity index (χ1v) is 9.87. The SMILES string of the molecule is CCc1nc2c(N)nc3ccccc3c2n1CCCC#Cc1ccc(OC)cc1. The molecule has 0 radical (unpaired) electrons. The first-order valence-electron chi connectivity index (χ1n) is 9.87. The number of pyridine rings is 1. The van der Waals surface area contributed by atoms with E-state index in [1.54, 1.807) is 7.11 Å². The van der Waals surface area contributed by atoms with Gasteiger partial charge in [0.25, 0.3) is 0 Å². The molecule has 2 aromatic heterocycles. The average Bonchev–Trinajstić information content (AvgIpc) is 3.13. The van der Waals surface area contributed by atoms with Gasteiger partial charge in [-0.1, -0.05) is 37.0 Å². The minimum absolute atomic E-state index is 0.492. The van der Waals surface area contributed by atoms with Crippen molar-refractivity contribution in [3.8, 4) is 17.6 Å². The molecule has 0 bridgehead atoms. The van der Waals surface area contributed by atoms with Crippen LogP contribution in [-0.4, -0.2) is 21.6 Å². The highest BCUT2D eigenvalue weighted by molar-refractivity contribution is 6.06. The Kier molecular flexibility index (Phi) is 5.35. The molecular formula is C24H24N4O. The number of imidazole rings is 1. The molecule has 29 heavy (non-hydrogen) atoms. The summed E-state index contributed by atoms with van der Waals surface area (Å²) in [6.07, 6.45) is 2.60. The topological polar surface area (TPSA) is 66.0 Å². The summed E-state index contributed by atoms with van der Waals surface area (Å²) in [6, 6.07) is 15.9. The monoisotopic (exact) mass is 384 g/mol. The van der Waals surface area contributed by atoms with E-state index in [2.05, 4.69) is 34.4 Å². The molecule has 0 atom stereocenters. The number of aromatic nitrogens is 3. The minimum Gasteiger partial charge on any atom is -0.497 e. The zero-order chi connectivity index (χ0) is 20.2. The van der Waals surface area contributed by atoms with E-state index in [0.29, 0.717) is 5.82 Å². The van der Waals surface area contributed by atoms with Gasteiger partial charge in [-0.25, -0.2) is 9.97 Å². The van der Waals surface area contributed by atoms with E-state index >= 15 is 0 Å². The Morgan fingerprint density at radius 3 is 2.62 bits per heavy atom. The van der Waals surface area contributed by atoms with Crippen LogP contribution in [0.4, 0.5) is 5.82 Å². The Labute approximate surface area is 170 Å². The van der Waals surface area contributed by atoms with E-state index in [1.165, 1.54) is 0 Å². The van der Waals surface area contributed by atoms with E-state index in [1.807, 2.05) is 42.5 Å². The number of methoxy groups -OCH3 is 1. The summed E-state index contributed by atoms with van der Waals surface area (Å²) in [5.41, 5.74) is 9.98. The van der Waals surface area contributed by atoms with Gasteiger partial charge in [0.1, 0.15) is 17.1 Å². The lowest BCUT2D eigenvalue weighted by Crippen LogP contribution is -2.03. The molecule has 0 saturated carbocycles. The summed E-state index contributed by atoms with van der Waals surface area (Å²) in [4.78, 5) is 9.29. The van der Waals surface area contributed by atoms with Crippen LogP contribution in [-0.2, 0) is 13.0 Å². The third-order valence-corrected chi connectivity index (χ3v) is 5.01. The Morgan fingerprint density at radius 2 is 1.86 bits per heavy atom. The maximum Gasteiger partial charge on any atom is 0.152 e. The fourth-order valence-electron chi connectivity index (χ4n) is 3.58. The third-order valence-electron chi connectivity index (χ3n) is 5.01. The van der Waals surface area contributed by atoms with Gasteiger partial charge in [0.05, 0.1) is 18.1 Å². The number of ether oxygens (including phenoxy) is 1. The third kappa shape index (κ3) is 3.74. The van der Waals surface area contributed by atoms with Gasteiger partial charge in [-0.3, -0.25) is 0 Å². The van der Waals surface area contributed by atoms with Crippen LogP contribution >= 0.6 is 0 Å². The van der Waals surface area contributed by atoms with E-state index in [-0.39, 0.29) is 0 Å². The Morgan fingerprint density at radius 1 is 1.07 bits per heavy atom. The van der Waals surface area contributed by atoms with Gasteiger partial charge in [-0.2, -0.15) is 0 Å². The van der Waals surface area contributed by atoms with Crippen molar-refractivity contribution >= 4 is 27.8 Å². The lowest BCUT2D eigenvalue weighted by molar-refractivity contribution is 0.415. The van der Waals surface area contributed by atoms with Crippen molar-refractivity contribution in [3.05, 3.63) is 59.9 Å². The Balaban J connectivity index is 1.57. The number of benzene rings is 2. The summed E-state index contributed by atoms with van der Waals surface area (Å²) < 4.78 is 7.46. The van der Waals surface area contributed by atoms with E-state index in [0.717, 1.165) is 64.9 Å². The van der Waals surface area contributed by atoms with Crippen LogP contribution in [0.1, 0.15) is 31.2 Å². The second-order valence-electron chi connectivity index (χ2n) is 6.88. The van der Waals surface area contributed by atoms with Gasteiger partial charge < -0.3 is 15.0 Å². The molecule has 0 spiro atoms. The van der Waals surface area contributed by atoms with Gasteiger partial charge >= 0.3 is 0 Å². The molecule has 2 aromatic carbocycles. The van der Waals surface area contributed by atoms with E-state index in [9.17, 15) is 0 Å². The molecule has 0 amide bonds. The summed E-state index contributed by atoms with van der Waals surface area (Å²) in [5, 5.41) is 1.09. The summed E-state index contributed by atoms with van der Waals surface area (Å²) in [6.45, 7) is 2.97. The lowest BCUT2D eigenvalue weighted by Gasteiger charge is -2.09. The molecule has 2 heterocycles. The number of fused-ring (bicyclic) bond motifs is 3. The van der Waals surface area contributed by atoms with Crippen molar-refractivity contribution in [1.29, 1.82) is 0 Å². The number of hydrogen-bond donors (Lipinski definition) is 1. The van der Waals surface area contributed by atoms with Crippen molar-refractivity contribution in [1.82, 2.24) is 14.5 Å². The number of nitrogens with zero attached hydrogens (tertiary/aromatic N) is 3. The smallest absolute Gasteiger partial charge is 0.152 e. The predicted octanol–water partition coefficient (Wildman–Crippen LogP) is 4.57. The molecule has 0 aliphatic heterocycles. The molecule has 5 nitrogen and oxygen atoms in total. The molecule has 146 valence electrons. The number of nitrogen functional groups attached to an aromatic ring is 1. The molecule has 5 heteroatoms. The van der Waals surface area contributed by atoms with Crippen LogP contribution < -0.4 is 10.5 Å². The van der Waals surface area contributed by atoms with Crippen molar-refractivity contribution in [2.45, 2.75) is 32.7 Å². The maximum absolute atomic E-state index is 6.20. The number of aryl methyl sites for hydroxylation is 2. The molecule has 4 rings (SSSR count). The number of anilines is 1. The van der Waals surface area contributed by atoms with Crippen molar-refractivity contribution < 1.29 is 4.74 Å². The van der Waals surface area contributed by atoms with Gasteiger partial charge in [0, 0.05) is 30.3 Å². The molecule has 2 N–H and O–H groups in total. The largest absolute Gasteiger partial charge is 0.497 e. The van der Waals surface area contributed by atoms with Crippen molar-refractivity contribution in [3.63, 3.8) is 0 Å². The number of rotatable bonds is 5. The standard InChI is InChI=1S/C24H24N4O/c1-3-21-27-22-23(19-10-6-7-11-20(19)26-24(22)25)28(21)16-8-4-5-9-17-12-14-18(29-2)15-13-17/h6-7,10-15H,3-4,8,16H2,1-2H3,(H2,25,26). The fraction of sp³-hybridized carbons (Fsp3) is 0.250. The average molecular weight is 384 g/mol.